The van der Waals surface area contributed by atoms with Crippen LogP contribution in [-0.4, -0.2) is 18.4 Å². The van der Waals surface area contributed by atoms with Crippen molar-refractivity contribution in [2.24, 2.45) is 11.8 Å². The molecule has 2 rings (SSSR count). The molecule has 66 valence electrons. The van der Waals surface area contributed by atoms with E-state index < -0.39 is 9.39 Å². The summed E-state index contributed by atoms with van der Waals surface area (Å²) < 4.78 is -0.291. The molecular formula is C8H8I2O2. The van der Waals surface area contributed by atoms with Gasteiger partial charge in [0.15, 0.2) is 0 Å². The maximum atomic E-state index is 11.1. The zero-order valence-electron chi connectivity index (χ0n) is 6.21. The number of allylic oxidation sites excluding steroid dienone is 2. The topological polar surface area (TPSA) is 37.3 Å². The van der Waals surface area contributed by atoms with Crippen LogP contribution in [0.1, 0.15) is 6.42 Å². The molecule has 0 aromatic heterocycles. The van der Waals surface area contributed by atoms with Gasteiger partial charge in [-0.1, -0.05) is 57.3 Å². The van der Waals surface area contributed by atoms with E-state index in [0.29, 0.717) is 5.92 Å². The van der Waals surface area contributed by atoms with E-state index in [1.54, 1.807) is 0 Å². The van der Waals surface area contributed by atoms with Gasteiger partial charge in [-0.2, -0.15) is 0 Å². The second kappa shape index (κ2) is 2.83. The molecule has 0 saturated heterocycles. The Bertz CT molecular complexity index is 264. The molecule has 0 aliphatic heterocycles. The molecule has 2 aliphatic rings. The number of aliphatic carboxylic acids is 1. The van der Waals surface area contributed by atoms with Crippen molar-refractivity contribution in [1.82, 2.24) is 0 Å². The summed E-state index contributed by atoms with van der Waals surface area (Å²) in [4.78, 5) is 11.1. The third-order valence-electron chi connectivity index (χ3n) is 2.76. The fourth-order valence-electron chi connectivity index (χ4n) is 2.05. The summed E-state index contributed by atoms with van der Waals surface area (Å²) >= 11 is 4.39. The van der Waals surface area contributed by atoms with E-state index in [0.717, 1.165) is 6.42 Å². The molecule has 0 aromatic rings. The summed E-state index contributed by atoms with van der Waals surface area (Å²) in [6, 6.07) is 0. The van der Waals surface area contributed by atoms with Gasteiger partial charge in [-0.15, -0.1) is 0 Å². The van der Waals surface area contributed by atoms with E-state index in [-0.39, 0.29) is 9.84 Å². The van der Waals surface area contributed by atoms with E-state index in [2.05, 4.69) is 57.3 Å². The van der Waals surface area contributed by atoms with E-state index in [1.807, 2.05) is 0 Å². The number of carboxylic acid groups (broad SMARTS) is 1. The number of fused-ring (bicyclic) bond motifs is 2. The first-order chi connectivity index (χ1) is 5.56. The molecule has 0 heterocycles. The summed E-state index contributed by atoms with van der Waals surface area (Å²) in [6.45, 7) is 0. The molecule has 12 heavy (non-hydrogen) atoms. The predicted molar refractivity (Wildman–Crippen MR) is 62.9 cm³/mol. The van der Waals surface area contributed by atoms with Crippen molar-refractivity contribution >= 4 is 51.2 Å². The van der Waals surface area contributed by atoms with Gasteiger partial charge in [0, 0.05) is 9.84 Å². The minimum Gasteiger partial charge on any atom is -0.480 e. The Morgan fingerprint density at radius 1 is 1.58 bits per heavy atom. The van der Waals surface area contributed by atoms with Gasteiger partial charge in [-0.3, -0.25) is 4.79 Å². The summed E-state index contributed by atoms with van der Waals surface area (Å²) in [5.74, 6) is 0.0884. The average Bonchev–Trinajstić information content (AvgIpc) is 2.55. The van der Waals surface area contributed by atoms with Crippen molar-refractivity contribution in [3.05, 3.63) is 12.2 Å². The Morgan fingerprint density at radius 3 is 2.58 bits per heavy atom. The molecule has 1 N–H and O–H groups in total. The average molecular weight is 390 g/mol. The zero-order chi connectivity index (χ0) is 8.93. The van der Waals surface area contributed by atoms with Crippen molar-refractivity contribution in [3.8, 4) is 0 Å². The summed E-state index contributed by atoms with van der Waals surface area (Å²) in [5, 5.41) is 9.12. The highest BCUT2D eigenvalue weighted by atomic mass is 127. The van der Waals surface area contributed by atoms with Gasteiger partial charge in [0.1, 0.15) is 3.42 Å². The smallest absolute Gasteiger partial charge is 0.321 e. The van der Waals surface area contributed by atoms with Gasteiger partial charge >= 0.3 is 5.97 Å². The van der Waals surface area contributed by atoms with Gasteiger partial charge in [-0.05, 0) is 12.3 Å². The number of halogens is 2. The Labute approximate surface area is 98.1 Å². The van der Waals surface area contributed by atoms with Crippen LogP contribution in [-0.2, 0) is 4.79 Å². The number of rotatable bonds is 1. The van der Waals surface area contributed by atoms with Crippen molar-refractivity contribution < 1.29 is 9.90 Å². The lowest BCUT2D eigenvalue weighted by Crippen LogP contribution is -2.43. The highest BCUT2D eigenvalue weighted by molar-refractivity contribution is 14.1. The third kappa shape index (κ3) is 0.995. The van der Waals surface area contributed by atoms with Gasteiger partial charge in [-0.25, -0.2) is 0 Å². The zero-order valence-corrected chi connectivity index (χ0v) is 10.5. The molecule has 1 saturated carbocycles. The monoisotopic (exact) mass is 390 g/mol. The number of alkyl halides is 2. The Balaban J connectivity index is 2.39. The molecular weight excluding hydrogens is 382 g/mol. The van der Waals surface area contributed by atoms with Gasteiger partial charge < -0.3 is 5.11 Å². The summed E-state index contributed by atoms with van der Waals surface area (Å²) in [6.07, 6.45) is 5.27. The van der Waals surface area contributed by atoms with Crippen molar-refractivity contribution in [2.75, 3.05) is 0 Å². The molecule has 4 heteroatoms. The normalized spacial score (nSPS) is 50.0. The number of hydrogen-bond donors (Lipinski definition) is 1. The first kappa shape index (κ1) is 9.23. The van der Waals surface area contributed by atoms with Gasteiger partial charge in [0.2, 0.25) is 0 Å². The molecule has 4 unspecified atom stereocenters. The SMILES string of the molecule is O=C(O)C1(I)C2C=CC(C2)C1I. The van der Waals surface area contributed by atoms with E-state index in [4.69, 9.17) is 5.11 Å². The minimum absolute atomic E-state index is 0.252. The van der Waals surface area contributed by atoms with Crippen molar-refractivity contribution in [1.29, 1.82) is 0 Å². The lowest BCUT2D eigenvalue weighted by atomic mass is 9.94. The van der Waals surface area contributed by atoms with Crippen LogP contribution in [0.5, 0.6) is 0 Å². The van der Waals surface area contributed by atoms with Crippen LogP contribution in [0, 0.1) is 11.8 Å². The molecule has 2 aliphatic carbocycles. The fraction of sp³-hybridized carbons (Fsp3) is 0.625. The van der Waals surface area contributed by atoms with Crippen LogP contribution in [0.4, 0.5) is 0 Å². The maximum Gasteiger partial charge on any atom is 0.321 e. The molecule has 4 atom stereocenters. The lowest BCUT2D eigenvalue weighted by molar-refractivity contribution is -0.139. The second-order valence-electron chi connectivity index (χ2n) is 3.37. The molecule has 0 aromatic carbocycles. The Hall–Kier alpha value is 0.670. The largest absolute Gasteiger partial charge is 0.480 e. The standard InChI is InChI=1S/C8H8I2O2/c9-6-4-1-2-5(3-4)8(6,10)7(11)12/h1-2,4-6H,3H2,(H,11,12). The number of hydrogen-bond acceptors (Lipinski definition) is 1. The highest BCUT2D eigenvalue weighted by Gasteiger charge is 2.58. The van der Waals surface area contributed by atoms with Crippen molar-refractivity contribution in [2.45, 2.75) is 13.8 Å². The number of carbonyl (C=O) groups is 1. The van der Waals surface area contributed by atoms with Crippen LogP contribution in [0.15, 0.2) is 12.2 Å². The predicted octanol–water partition coefficient (Wildman–Crippen LogP) is 2.25. The fourth-order valence-corrected chi connectivity index (χ4v) is 4.23. The molecule has 0 radical (unpaired) electrons. The molecule has 2 bridgehead atoms. The van der Waals surface area contributed by atoms with Crippen LogP contribution in [0.2, 0.25) is 0 Å². The quantitative estimate of drug-likeness (QED) is 0.424. The van der Waals surface area contributed by atoms with Gasteiger partial charge in [0.05, 0.1) is 0 Å². The minimum atomic E-state index is -0.653. The van der Waals surface area contributed by atoms with Crippen LogP contribution in [0.25, 0.3) is 0 Å². The van der Waals surface area contributed by atoms with Crippen LogP contribution >= 0.6 is 45.2 Å². The third-order valence-corrected chi connectivity index (χ3v) is 7.79. The van der Waals surface area contributed by atoms with E-state index in [9.17, 15) is 4.79 Å². The Morgan fingerprint density at radius 2 is 2.25 bits per heavy atom. The molecule has 1 fully saturated rings. The summed E-state index contributed by atoms with van der Waals surface area (Å²) in [7, 11) is 0. The maximum absolute atomic E-state index is 11.1. The van der Waals surface area contributed by atoms with Gasteiger partial charge in [0.25, 0.3) is 0 Å². The molecule has 0 amide bonds. The second-order valence-corrected chi connectivity index (χ2v) is 6.49. The van der Waals surface area contributed by atoms with Crippen LogP contribution < -0.4 is 0 Å². The first-order valence-electron chi connectivity index (χ1n) is 3.81. The lowest BCUT2D eigenvalue weighted by Gasteiger charge is -2.29. The van der Waals surface area contributed by atoms with Crippen LogP contribution in [0.3, 0.4) is 0 Å². The molecule has 0 spiro atoms. The highest BCUT2D eigenvalue weighted by Crippen LogP contribution is 2.55. The Kier molecular flexibility index (Phi) is 2.18. The van der Waals surface area contributed by atoms with E-state index in [1.165, 1.54) is 0 Å². The van der Waals surface area contributed by atoms with E-state index >= 15 is 0 Å². The van der Waals surface area contributed by atoms with Crippen molar-refractivity contribution in [3.63, 3.8) is 0 Å². The molecule has 2 nitrogen and oxygen atoms in total. The number of carboxylic acids is 1. The first-order valence-corrected chi connectivity index (χ1v) is 6.14. The summed E-state index contributed by atoms with van der Waals surface area (Å²) in [5.41, 5.74) is 0.